The van der Waals surface area contributed by atoms with E-state index in [1.165, 1.54) is 0 Å². The zero-order valence-electron chi connectivity index (χ0n) is 6.23. The highest BCUT2D eigenvalue weighted by Gasteiger charge is 1.88. The van der Waals surface area contributed by atoms with E-state index in [1.807, 2.05) is 0 Å². The fourth-order valence-electron chi connectivity index (χ4n) is 0.520. The Morgan fingerprint density at radius 1 is 1.60 bits per heavy atom. The van der Waals surface area contributed by atoms with E-state index in [-0.39, 0.29) is 0 Å². The Morgan fingerprint density at radius 3 is 2.80 bits per heavy atom. The lowest BCUT2D eigenvalue weighted by Gasteiger charge is -2.00. The molecule has 0 aromatic heterocycles. The third-order valence-electron chi connectivity index (χ3n) is 1.12. The average Bonchev–Trinajstić information content (AvgIpc) is 1.98. The van der Waals surface area contributed by atoms with Crippen LogP contribution in [0.25, 0.3) is 0 Å². The van der Waals surface area contributed by atoms with Crippen molar-refractivity contribution >= 4 is 21.8 Å². The van der Waals surface area contributed by atoms with Crippen LogP contribution in [-0.2, 0) is 0 Å². The van der Waals surface area contributed by atoms with E-state index >= 15 is 0 Å². The van der Waals surface area contributed by atoms with E-state index in [0.29, 0.717) is 5.84 Å². The van der Waals surface area contributed by atoms with Gasteiger partial charge in [0.15, 0.2) is 0 Å². The molecule has 0 saturated carbocycles. The highest BCUT2D eigenvalue weighted by molar-refractivity contribution is 9.09. The van der Waals surface area contributed by atoms with Crippen molar-refractivity contribution in [3.63, 3.8) is 0 Å². The topological polar surface area (TPSA) is 50.4 Å². The van der Waals surface area contributed by atoms with Crippen LogP contribution in [0.1, 0.15) is 6.42 Å². The first-order chi connectivity index (χ1) is 4.81. The predicted octanol–water partition coefficient (Wildman–Crippen LogP) is 0.348. The third-order valence-corrected chi connectivity index (χ3v) is 1.51. The molecule has 0 saturated heterocycles. The number of aliphatic imine (C=N–C) groups is 1. The van der Waals surface area contributed by atoms with Crippen LogP contribution in [0.2, 0.25) is 0 Å². The van der Waals surface area contributed by atoms with E-state index in [9.17, 15) is 0 Å². The second kappa shape index (κ2) is 7.02. The van der Waals surface area contributed by atoms with Crippen molar-refractivity contribution in [2.24, 2.45) is 10.7 Å². The van der Waals surface area contributed by atoms with Crippen molar-refractivity contribution in [2.45, 2.75) is 6.42 Å². The third kappa shape index (κ3) is 6.04. The van der Waals surface area contributed by atoms with Crippen molar-refractivity contribution in [3.8, 4) is 0 Å². The fourth-order valence-corrected chi connectivity index (χ4v) is 0.800. The Labute approximate surface area is 70.2 Å². The van der Waals surface area contributed by atoms with Gasteiger partial charge in [0.1, 0.15) is 0 Å². The molecule has 0 aliphatic heterocycles. The number of halogens is 1. The molecule has 0 atom stereocenters. The number of rotatable bonds is 5. The summed E-state index contributed by atoms with van der Waals surface area (Å²) in [5.74, 6) is 0.710. The fraction of sp³-hybridized carbons (Fsp3) is 0.833. The summed E-state index contributed by atoms with van der Waals surface area (Å²) in [6, 6.07) is 0. The Morgan fingerprint density at radius 2 is 2.30 bits per heavy atom. The molecular weight excluding hydrogens is 194 g/mol. The average molecular weight is 208 g/mol. The standard InChI is InChI=1S/C6H14BrN3/c1-9-6(8)2-4-10-5-3-7/h10H,2-5H2,1H3,(H2,8,9). The van der Waals surface area contributed by atoms with Gasteiger partial charge in [0.25, 0.3) is 0 Å². The largest absolute Gasteiger partial charge is 0.387 e. The van der Waals surface area contributed by atoms with E-state index in [1.54, 1.807) is 7.05 Å². The minimum atomic E-state index is 0.710. The molecule has 0 aromatic rings. The van der Waals surface area contributed by atoms with Crippen molar-refractivity contribution in [1.82, 2.24) is 5.32 Å². The predicted molar refractivity (Wildman–Crippen MR) is 48.8 cm³/mol. The van der Waals surface area contributed by atoms with Gasteiger partial charge in [0.2, 0.25) is 0 Å². The molecule has 3 N–H and O–H groups in total. The van der Waals surface area contributed by atoms with Crippen molar-refractivity contribution < 1.29 is 0 Å². The number of amidine groups is 1. The minimum Gasteiger partial charge on any atom is -0.387 e. The summed E-state index contributed by atoms with van der Waals surface area (Å²) < 4.78 is 0. The molecule has 10 heavy (non-hydrogen) atoms. The normalized spacial score (nSPS) is 12.0. The highest BCUT2D eigenvalue weighted by atomic mass is 79.9. The highest BCUT2D eigenvalue weighted by Crippen LogP contribution is 1.78. The maximum absolute atomic E-state index is 5.45. The van der Waals surface area contributed by atoms with Crippen molar-refractivity contribution in [2.75, 3.05) is 25.5 Å². The van der Waals surface area contributed by atoms with Gasteiger partial charge in [-0.15, -0.1) is 0 Å². The molecule has 0 spiro atoms. The molecule has 4 heteroatoms. The summed E-state index contributed by atoms with van der Waals surface area (Å²) in [4.78, 5) is 3.83. The van der Waals surface area contributed by atoms with Crippen LogP contribution in [0.5, 0.6) is 0 Å². The first kappa shape index (κ1) is 9.91. The number of hydrogen-bond acceptors (Lipinski definition) is 2. The van der Waals surface area contributed by atoms with Gasteiger partial charge in [-0.05, 0) is 0 Å². The van der Waals surface area contributed by atoms with Gasteiger partial charge in [-0.25, -0.2) is 0 Å². The number of nitrogens with two attached hydrogens (primary N) is 1. The van der Waals surface area contributed by atoms with E-state index in [2.05, 4.69) is 26.2 Å². The second-order valence-corrected chi connectivity index (χ2v) is 2.70. The monoisotopic (exact) mass is 207 g/mol. The van der Waals surface area contributed by atoms with Gasteiger partial charge in [-0.2, -0.15) is 0 Å². The lowest BCUT2D eigenvalue weighted by molar-refractivity contribution is 0.742. The van der Waals surface area contributed by atoms with Crippen LogP contribution in [-0.4, -0.2) is 31.3 Å². The Bertz CT molecular complexity index is 103. The minimum absolute atomic E-state index is 0.710. The Kier molecular flexibility index (Phi) is 6.96. The number of nitrogens with zero attached hydrogens (tertiary/aromatic N) is 1. The molecule has 0 rings (SSSR count). The summed E-state index contributed by atoms with van der Waals surface area (Å²) in [7, 11) is 1.71. The molecule has 0 aliphatic rings. The zero-order chi connectivity index (χ0) is 7.82. The van der Waals surface area contributed by atoms with E-state index < -0.39 is 0 Å². The summed E-state index contributed by atoms with van der Waals surface area (Å²) in [6.07, 6.45) is 0.837. The first-order valence-electron chi connectivity index (χ1n) is 3.29. The summed E-state index contributed by atoms with van der Waals surface area (Å²) >= 11 is 3.31. The molecule has 60 valence electrons. The van der Waals surface area contributed by atoms with Gasteiger partial charge < -0.3 is 11.1 Å². The smallest absolute Gasteiger partial charge is 0.0946 e. The molecule has 0 aromatic carbocycles. The lowest BCUT2D eigenvalue weighted by atomic mass is 10.4. The summed E-state index contributed by atoms with van der Waals surface area (Å²) in [5, 5.41) is 4.17. The maximum atomic E-state index is 5.45. The van der Waals surface area contributed by atoms with Crippen LogP contribution < -0.4 is 11.1 Å². The van der Waals surface area contributed by atoms with Crippen LogP contribution in [0.15, 0.2) is 4.99 Å². The maximum Gasteiger partial charge on any atom is 0.0946 e. The van der Waals surface area contributed by atoms with Gasteiger partial charge in [0, 0.05) is 31.9 Å². The molecule has 0 heterocycles. The van der Waals surface area contributed by atoms with Gasteiger partial charge in [0.05, 0.1) is 5.84 Å². The number of alkyl halides is 1. The molecule has 0 fully saturated rings. The molecule has 0 aliphatic carbocycles. The first-order valence-corrected chi connectivity index (χ1v) is 4.41. The molecule has 3 nitrogen and oxygen atoms in total. The van der Waals surface area contributed by atoms with Crippen LogP contribution in [0.3, 0.4) is 0 Å². The molecule has 0 unspecified atom stereocenters. The number of hydrogen-bond donors (Lipinski definition) is 2. The second-order valence-electron chi connectivity index (χ2n) is 1.90. The SMILES string of the molecule is CN=C(N)CCNCCBr. The van der Waals surface area contributed by atoms with Crippen LogP contribution in [0.4, 0.5) is 0 Å². The van der Waals surface area contributed by atoms with Crippen LogP contribution in [0, 0.1) is 0 Å². The molecule has 0 amide bonds. The number of nitrogens with one attached hydrogen (secondary N) is 1. The lowest BCUT2D eigenvalue weighted by Crippen LogP contribution is -2.23. The van der Waals surface area contributed by atoms with Gasteiger partial charge in [-0.3, -0.25) is 4.99 Å². The van der Waals surface area contributed by atoms with Gasteiger partial charge in [-0.1, -0.05) is 15.9 Å². The van der Waals surface area contributed by atoms with E-state index in [0.717, 1.165) is 24.8 Å². The van der Waals surface area contributed by atoms with Crippen LogP contribution >= 0.6 is 15.9 Å². The Balaban J connectivity index is 3.04. The zero-order valence-corrected chi connectivity index (χ0v) is 7.82. The Hall–Kier alpha value is -0.0900. The molecule has 0 bridgehead atoms. The summed E-state index contributed by atoms with van der Waals surface area (Å²) in [6.45, 7) is 1.89. The van der Waals surface area contributed by atoms with E-state index in [4.69, 9.17) is 5.73 Å². The van der Waals surface area contributed by atoms with Crippen molar-refractivity contribution in [3.05, 3.63) is 0 Å². The molecule has 0 radical (unpaired) electrons. The molecular formula is C6H14BrN3. The van der Waals surface area contributed by atoms with Gasteiger partial charge >= 0.3 is 0 Å². The quantitative estimate of drug-likeness (QED) is 0.296. The summed E-state index contributed by atoms with van der Waals surface area (Å²) in [5.41, 5.74) is 5.45. The van der Waals surface area contributed by atoms with Crippen molar-refractivity contribution in [1.29, 1.82) is 0 Å².